The van der Waals surface area contributed by atoms with E-state index in [1.165, 1.54) is 17.7 Å². The topological polar surface area (TPSA) is 6.48 Å². The van der Waals surface area contributed by atoms with Gasteiger partial charge in [0.25, 0.3) is 0 Å². The number of hydrogen-bond donors (Lipinski definition) is 0. The number of rotatable bonds is 10. The Morgan fingerprint density at radius 3 is 2.09 bits per heavy atom. The highest BCUT2D eigenvalue weighted by molar-refractivity contribution is 7.98. The van der Waals surface area contributed by atoms with Crippen molar-refractivity contribution >= 4 is 17.4 Å². The van der Waals surface area contributed by atoms with Crippen molar-refractivity contribution in [3.63, 3.8) is 0 Å². The quantitative estimate of drug-likeness (QED) is 0.598. The van der Waals surface area contributed by atoms with Crippen LogP contribution in [-0.2, 0) is 5.75 Å². The van der Waals surface area contributed by atoms with Gasteiger partial charge in [-0.1, -0.05) is 48.5 Å². The van der Waals surface area contributed by atoms with Crippen molar-refractivity contribution in [2.24, 2.45) is 0 Å². The summed E-state index contributed by atoms with van der Waals surface area (Å²) in [5, 5.41) is 0. The van der Waals surface area contributed by atoms with Crippen molar-refractivity contribution in [1.82, 2.24) is 4.90 Å². The van der Waals surface area contributed by atoms with E-state index in [9.17, 15) is 0 Å². The Morgan fingerprint density at radius 2 is 1.43 bits per heavy atom. The van der Waals surface area contributed by atoms with Gasteiger partial charge in [0.2, 0.25) is 0 Å². The molecule has 3 heteroatoms. The third-order valence-corrected chi connectivity index (χ3v) is 4.78. The van der Waals surface area contributed by atoms with Crippen LogP contribution >= 0.6 is 11.8 Å². The van der Waals surface area contributed by atoms with E-state index < -0.39 is 0 Å². The predicted octanol–water partition coefficient (Wildman–Crippen LogP) is 4.38. The van der Waals surface area contributed by atoms with Gasteiger partial charge in [-0.15, -0.1) is 0 Å². The number of hydrogen-bond acceptors (Lipinski definition) is 3. The Hall–Kier alpha value is -1.45. The Bertz CT molecular complexity index is 528. The van der Waals surface area contributed by atoms with Gasteiger partial charge in [0, 0.05) is 30.3 Å². The van der Waals surface area contributed by atoms with Crippen molar-refractivity contribution in [1.29, 1.82) is 0 Å². The average Bonchev–Trinajstić information content (AvgIpc) is 2.58. The fourth-order valence-corrected chi connectivity index (χ4v) is 3.45. The molecule has 0 aliphatic heterocycles. The molecule has 0 N–H and O–H groups in total. The fraction of sp³-hybridized carbons (Fsp3) is 0.400. The molecule has 124 valence electrons. The van der Waals surface area contributed by atoms with Gasteiger partial charge in [-0.2, -0.15) is 11.8 Å². The lowest BCUT2D eigenvalue weighted by Gasteiger charge is -2.25. The summed E-state index contributed by atoms with van der Waals surface area (Å²) in [5.74, 6) is 2.26. The highest BCUT2D eigenvalue weighted by atomic mass is 32.2. The van der Waals surface area contributed by atoms with E-state index in [0.717, 1.165) is 31.1 Å². The maximum atomic E-state index is 2.52. The van der Waals surface area contributed by atoms with Gasteiger partial charge in [-0.25, -0.2) is 0 Å². The van der Waals surface area contributed by atoms with Crippen molar-refractivity contribution in [2.75, 3.05) is 44.4 Å². The average molecular weight is 329 g/mol. The molecule has 23 heavy (non-hydrogen) atoms. The molecule has 0 bridgehead atoms. The minimum atomic E-state index is 1.10. The van der Waals surface area contributed by atoms with Gasteiger partial charge in [-0.3, -0.25) is 0 Å². The highest BCUT2D eigenvalue weighted by Gasteiger charge is 2.06. The van der Waals surface area contributed by atoms with Crippen molar-refractivity contribution < 1.29 is 0 Å². The molecule has 0 fully saturated rings. The summed E-state index contributed by atoms with van der Waals surface area (Å²) in [4.78, 5) is 4.77. The van der Waals surface area contributed by atoms with Crippen molar-refractivity contribution in [3.05, 3.63) is 66.2 Å². The van der Waals surface area contributed by atoms with E-state index in [-0.39, 0.29) is 0 Å². The Labute approximate surface area is 145 Å². The van der Waals surface area contributed by atoms with Crippen molar-refractivity contribution in [3.8, 4) is 0 Å². The molecule has 2 aromatic carbocycles. The lowest BCUT2D eigenvalue weighted by Crippen LogP contribution is -2.29. The summed E-state index contributed by atoms with van der Waals surface area (Å²) in [7, 11) is 4.28. The van der Waals surface area contributed by atoms with Crippen LogP contribution in [-0.4, -0.2) is 44.4 Å². The van der Waals surface area contributed by atoms with E-state index in [4.69, 9.17) is 0 Å². The van der Waals surface area contributed by atoms with Gasteiger partial charge in [0.15, 0.2) is 0 Å². The van der Waals surface area contributed by atoms with Gasteiger partial charge in [0.05, 0.1) is 0 Å². The van der Waals surface area contributed by atoms with Crippen LogP contribution in [0.15, 0.2) is 60.7 Å². The van der Waals surface area contributed by atoms with E-state index in [1.54, 1.807) is 0 Å². The number of anilines is 1. The maximum Gasteiger partial charge on any atom is 0.0366 e. The zero-order valence-electron chi connectivity index (χ0n) is 14.3. The molecule has 0 saturated heterocycles. The third kappa shape index (κ3) is 7.10. The van der Waals surface area contributed by atoms with Crippen LogP contribution in [0.2, 0.25) is 0 Å². The molecule has 0 radical (unpaired) electrons. The SMILES string of the molecule is CN(C)CCCN(CCSCc1ccccc1)c1ccccc1. The lowest BCUT2D eigenvalue weighted by molar-refractivity contribution is 0.401. The van der Waals surface area contributed by atoms with Gasteiger partial charge >= 0.3 is 0 Å². The van der Waals surface area contributed by atoms with Gasteiger partial charge in [0.1, 0.15) is 0 Å². The molecular weight excluding hydrogens is 300 g/mol. The van der Waals surface area contributed by atoms with E-state index >= 15 is 0 Å². The van der Waals surface area contributed by atoms with Crippen LogP contribution in [0, 0.1) is 0 Å². The van der Waals surface area contributed by atoms with Crippen molar-refractivity contribution in [2.45, 2.75) is 12.2 Å². The Balaban J connectivity index is 1.80. The first-order valence-corrected chi connectivity index (χ1v) is 9.47. The largest absolute Gasteiger partial charge is 0.371 e. The molecule has 2 rings (SSSR count). The second-order valence-corrected chi connectivity index (χ2v) is 7.12. The zero-order chi connectivity index (χ0) is 16.3. The molecule has 2 aromatic rings. The standard InChI is InChI=1S/C20H28N2S/c1-21(2)14-9-15-22(20-12-7-4-8-13-20)16-17-23-18-19-10-5-3-6-11-19/h3-8,10-13H,9,14-18H2,1-2H3. The van der Waals surface area contributed by atoms with Gasteiger partial charge in [-0.05, 0) is 44.8 Å². The molecule has 2 nitrogen and oxygen atoms in total. The van der Waals surface area contributed by atoms with Crippen LogP contribution in [0.5, 0.6) is 0 Å². The van der Waals surface area contributed by atoms with Gasteiger partial charge < -0.3 is 9.80 Å². The first-order chi connectivity index (χ1) is 11.3. The number of para-hydroxylation sites is 1. The Morgan fingerprint density at radius 1 is 0.783 bits per heavy atom. The second kappa shape index (κ2) is 10.3. The molecule has 0 aliphatic rings. The molecule has 0 unspecified atom stereocenters. The number of nitrogens with zero attached hydrogens (tertiary/aromatic N) is 2. The number of benzene rings is 2. The summed E-state index contributed by atoms with van der Waals surface area (Å²) in [6, 6.07) is 21.5. The molecule has 0 heterocycles. The monoisotopic (exact) mass is 328 g/mol. The summed E-state index contributed by atoms with van der Waals surface area (Å²) in [5.41, 5.74) is 2.75. The zero-order valence-corrected chi connectivity index (χ0v) is 15.1. The first-order valence-electron chi connectivity index (χ1n) is 8.32. The highest BCUT2D eigenvalue weighted by Crippen LogP contribution is 2.17. The molecule has 0 saturated carbocycles. The summed E-state index contributed by atoms with van der Waals surface area (Å²) >= 11 is 2.02. The number of thioether (sulfide) groups is 1. The van der Waals surface area contributed by atoms with Crippen LogP contribution in [0.25, 0.3) is 0 Å². The first kappa shape index (κ1) is 17.9. The fourth-order valence-electron chi connectivity index (χ4n) is 2.53. The van der Waals surface area contributed by atoms with Crippen LogP contribution in [0.3, 0.4) is 0 Å². The van der Waals surface area contributed by atoms with Crippen LogP contribution < -0.4 is 4.90 Å². The van der Waals surface area contributed by atoms with E-state index in [0.29, 0.717) is 0 Å². The molecular formula is C20H28N2S. The predicted molar refractivity (Wildman–Crippen MR) is 104 cm³/mol. The van der Waals surface area contributed by atoms with E-state index in [2.05, 4.69) is 84.6 Å². The molecule has 0 spiro atoms. The minimum Gasteiger partial charge on any atom is -0.371 e. The van der Waals surface area contributed by atoms with Crippen LogP contribution in [0.4, 0.5) is 5.69 Å². The molecule has 0 atom stereocenters. The summed E-state index contributed by atoms with van der Waals surface area (Å²) in [6.07, 6.45) is 1.20. The Kier molecular flexibility index (Phi) is 8.05. The third-order valence-electron chi connectivity index (χ3n) is 3.77. The lowest BCUT2D eigenvalue weighted by atomic mass is 10.2. The molecule has 0 amide bonds. The maximum absolute atomic E-state index is 2.52. The van der Waals surface area contributed by atoms with E-state index in [1.807, 2.05) is 11.8 Å². The smallest absolute Gasteiger partial charge is 0.0366 e. The summed E-state index contributed by atoms with van der Waals surface area (Å²) < 4.78 is 0. The summed E-state index contributed by atoms with van der Waals surface area (Å²) in [6.45, 7) is 3.36. The molecule has 0 aromatic heterocycles. The van der Waals surface area contributed by atoms with Crippen LogP contribution in [0.1, 0.15) is 12.0 Å². The second-order valence-electron chi connectivity index (χ2n) is 6.02. The molecule has 0 aliphatic carbocycles. The normalized spacial score (nSPS) is 10.9. The minimum absolute atomic E-state index is 1.10.